The molecule has 8 heteroatoms. The number of aromatic nitrogens is 2. The zero-order chi connectivity index (χ0) is 27.9. The van der Waals surface area contributed by atoms with E-state index in [0.717, 1.165) is 47.6 Å². The van der Waals surface area contributed by atoms with Crippen LogP contribution in [0.15, 0.2) is 54.6 Å². The maximum atomic E-state index is 13.3. The number of carbonyl (C=O) groups is 1. The molecule has 8 nitrogen and oxygen atoms in total. The van der Waals surface area contributed by atoms with E-state index < -0.39 is 0 Å². The molecule has 0 aliphatic heterocycles. The van der Waals surface area contributed by atoms with Gasteiger partial charge in [-0.15, -0.1) is 0 Å². The minimum atomic E-state index is -0.338. The van der Waals surface area contributed by atoms with Crippen molar-refractivity contribution in [3.05, 3.63) is 77.1 Å². The number of carbonyl (C=O) groups excluding carboxylic acids is 1. The Labute approximate surface area is 229 Å². The summed E-state index contributed by atoms with van der Waals surface area (Å²) in [6.45, 7) is 7.49. The van der Waals surface area contributed by atoms with Crippen molar-refractivity contribution < 1.29 is 23.7 Å². The van der Waals surface area contributed by atoms with Gasteiger partial charge < -0.3 is 28.8 Å². The number of nitrogens with zero attached hydrogens (tertiary/aromatic N) is 2. The number of hydrogen-bond donors (Lipinski definition) is 1. The molecule has 1 unspecified atom stereocenters. The van der Waals surface area contributed by atoms with Gasteiger partial charge in [0.15, 0.2) is 11.5 Å². The maximum Gasteiger partial charge on any atom is 0.252 e. The number of hydrogen-bond acceptors (Lipinski definition) is 6. The second-order valence-electron chi connectivity index (χ2n) is 9.54. The lowest BCUT2D eigenvalue weighted by molar-refractivity contribution is 0.0936. The second kappa shape index (κ2) is 12.6. The number of rotatable bonds is 12. The summed E-state index contributed by atoms with van der Waals surface area (Å²) < 4.78 is 24.4. The number of unbranched alkanes of at least 4 members (excludes halogenated alkanes) is 1. The highest BCUT2D eigenvalue weighted by atomic mass is 16.5. The summed E-state index contributed by atoms with van der Waals surface area (Å²) in [6.07, 6.45) is 1.80. The Morgan fingerprint density at radius 1 is 0.923 bits per heavy atom. The smallest absolute Gasteiger partial charge is 0.252 e. The van der Waals surface area contributed by atoms with Crippen molar-refractivity contribution in [1.29, 1.82) is 0 Å². The van der Waals surface area contributed by atoms with Gasteiger partial charge in [-0.05, 0) is 69.5 Å². The molecule has 1 heterocycles. The van der Waals surface area contributed by atoms with Crippen molar-refractivity contribution in [3.8, 4) is 23.0 Å². The van der Waals surface area contributed by atoms with Crippen LogP contribution >= 0.6 is 0 Å². The van der Waals surface area contributed by atoms with Gasteiger partial charge in [-0.2, -0.15) is 0 Å². The van der Waals surface area contributed by atoms with Gasteiger partial charge in [0.25, 0.3) is 5.91 Å². The summed E-state index contributed by atoms with van der Waals surface area (Å²) in [5.74, 6) is 2.75. The van der Waals surface area contributed by atoms with E-state index in [2.05, 4.69) is 41.9 Å². The zero-order valence-electron chi connectivity index (χ0n) is 23.5. The second-order valence-corrected chi connectivity index (χ2v) is 9.54. The molecule has 1 aromatic heterocycles. The van der Waals surface area contributed by atoms with E-state index in [0.29, 0.717) is 29.4 Å². The van der Waals surface area contributed by atoms with Crippen LogP contribution < -0.4 is 24.3 Å². The van der Waals surface area contributed by atoms with Crippen LogP contribution in [0.5, 0.6) is 23.0 Å². The fourth-order valence-electron chi connectivity index (χ4n) is 4.73. The summed E-state index contributed by atoms with van der Waals surface area (Å²) in [7, 11) is 4.58. The van der Waals surface area contributed by atoms with Gasteiger partial charge in [-0.3, -0.25) is 4.79 Å². The topological polar surface area (TPSA) is 83.8 Å². The Bertz CT molecular complexity index is 1420. The molecule has 1 amide bonds. The Hall–Kier alpha value is -4.20. The zero-order valence-corrected chi connectivity index (χ0v) is 23.5. The van der Waals surface area contributed by atoms with Gasteiger partial charge in [-0.1, -0.05) is 29.8 Å². The predicted octanol–water partition coefficient (Wildman–Crippen LogP) is 6.03. The normalized spacial score (nSPS) is 11.7. The lowest BCUT2D eigenvalue weighted by atomic mass is 10.1. The number of imidazole rings is 1. The molecule has 206 valence electrons. The van der Waals surface area contributed by atoms with Gasteiger partial charge in [0, 0.05) is 12.1 Å². The number of fused-ring (bicyclic) bond motifs is 1. The maximum absolute atomic E-state index is 13.3. The Kier molecular flexibility index (Phi) is 8.96. The van der Waals surface area contributed by atoms with Crippen LogP contribution in [0.4, 0.5) is 0 Å². The van der Waals surface area contributed by atoms with Crippen LogP contribution in [-0.4, -0.2) is 43.4 Å². The van der Waals surface area contributed by atoms with E-state index in [4.69, 9.17) is 23.9 Å². The Balaban J connectivity index is 1.47. The van der Waals surface area contributed by atoms with Crippen LogP contribution in [0.1, 0.15) is 53.1 Å². The third kappa shape index (κ3) is 6.28. The number of methoxy groups -OCH3 is 3. The first kappa shape index (κ1) is 27.8. The van der Waals surface area contributed by atoms with Crippen LogP contribution in [0, 0.1) is 13.8 Å². The van der Waals surface area contributed by atoms with Crippen molar-refractivity contribution in [1.82, 2.24) is 14.9 Å². The molecule has 4 aromatic rings. The summed E-state index contributed by atoms with van der Waals surface area (Å²) in [6, 6.07) is 17.2. The number of aryl methyl sites for hydroxylation is 3. The lowest BCUT2D eigenvalue weighted by Gasteiger charge is -2.18. The molecule has 0 aliphatic carbocycles. The quantitative estimate of drug-likeness (QED) is 0.225. The molecule has 0 radical (unpaired) electrons. The van der Waals surface area contributed by atoms with Crippen molar-refractivity contribution in [2.24, 2.45) is 0 Å². The average Bonchev–Trinajstić information content (AvgIpc) is 3.31. The molecule has 39 heavy (non-hydrogen) atoms. The number of ether oxygens (including phenoxy) is 4. The van der Waals surface area contributed by atoms with Gasteiger partial charge in [0.1, 0.15) is 11.6 Å². The molecule has 0 aliphatic rings. The molecule has 0 bridgehead atoms. The number of amides is 1. The molecule has 1 N–H and O–H groups in total. The minimum Gasteiger partial charge on any atom is -0.493 e. The number of nitrogens with one attached hydrogen (secondary N) is 1. The molecule has 4 rings (SSSR count). The molecular formula is C31H37N3O5. The molecule has 0 spiro atoms. The van der Waals surface area contributed by atoms with E-state index in [-0.39, 0.29) is 11.9 Å². The van der Waals surface area contributed by atoms with Crippen LogP contribution in [-0.2, 0) is 6.54 Å². The van der Waals surface area contributed by atoms with Crippen LogP contribution in [0.3, 0.4) is 0 Å². The standard InChI is InChI=1S/C31H37N3O5/c1-20-13-14-26(21(2)17-20)39-16-10-9-15-34-25-12-8-7-11-24(25)33-30(34)22(3)32-31(35)23-18-27(36-4)29(38-6)28(19-23)37-5/h7-8,11-14,17-19,22H,9-10,15-16H2,1-6H3,(H,32,35). The van der Waals surface area contributed by atoms with Gasteiger partial charge in [0.2, 0.25) is 5.75 Å². The highest BCUT2D eigenvalue weighted by molar-refractivity contribution is 5.96. The van der Waals surface area contributed by atoms with Crippen molar-refractivity contribution in [2.75, 3.05) is 27.9 Å². The Morgan fingerprint density at radius 2 is 1.64 bits per heavy atom. The predicted molar refractivity (Wildman–Crippen MR) is 152 cm³/mol. The highest BCUT2D eigenvalue weighted by Crippen LogP contribution is 2.38. The van der Waals surface area contributed by atoms with Crippen molar-refractivity contribution >= 4 is 16.9 Å². The summed E-state index contributed by atoms with van der Waals surface area (Å²) in [5, 5.41) is 3.09. The number of benzene rings is 3. The molecular weight excluding hydrogens is 494 g/mol. The van der Waals surface area contributed by atoms with Gasteiger partial charge >= 0.3 is 0 Å². The molecule has 0 saturated heterocycles. The monoisotopic (exact) mass is 531 g/mol. The SMILES string of the molecule is COc1cc(C(=O)NC(C)c2nc3ccccc3n2CCCCOc2ccc(C)cc2C)cc(OC)c1OC. The van der Waals surface area contributed by atoms with Gasteiger partial charge in [-0.25, -0.2) is 4.98 Å². The molecule has 0 fully saturated rings. The molecule has 0 saturated carbocycles. The minimum absolute atomic E-state index is 0.262. The highest BCUT2D eigenvalue weighted by Gasteiger charge is 2.22. The first-order valence-electron chi connectivity index (χ1n) is 13.1. The fourth-order valence-corrected chi connectivity index (χ4v) is 4.73. The van der Waals surface area contributed by atoms with Crippen molar-refractivity contribution in [3.63, 3.8) is 0 Å². The van der Waals surface area contributed by atoms with E-state index in [1.807, 2.05) is 31.2 Å². The third-order valence-corrected chi connectivity index (χ3v) is 6.71. The van der Waals surface area contributed by atoms with E-state index in [9.17, 15) is 4.79 Å². The largest absolute Gasteiger partial charge is 0.493 e. The molecule has 1 atom stereocenters. The summed E-state index contributed by atoms with van der Waals surface area (Å²) >= 11 is 0. The van der Waals surface area contributed by atoms with Crippen molar-refractivity contribution in [2.45, 2.75) is 46.2 Å². The molecule has 3 aromatic carbocycles. The third-order valence-electron chi connectivity index (χ3n) is 6.71. The number of para-hydroxylation sites is 2. The fraction of sp³-hybridized carbons (Fsp3) is 0.355. The van der Waals surface area contributed by atoms with E-state index >= 15 is 0 Å². The first-order chi connectivity index (χ1) is 18.9. The van der Waals surface area contributed by atoms with E-state index in [1.165, 1.54) is 26.9 Å². The Morgan fingerprint density at radius 3 is 2.31 bits per heavy atom. The van der Waals surface area contributed by atoms with Crippen LogP contribution in [0.25, 0.3) is 11.0 Å². The van der Waals surface area contributed by atoms with Gasteiger partial charge in [0.05, 0.1) is 45.0 Å². The summed E-state index contributed by atoms with van der Waals surface area (Å²) in [4.78, 5) is 18.1. The first-order valence-corrected chi connectivity index (χ1v) is 13.1. The average molecular weight is 532 g/mol. The van der Waals surface area contributed by atoms with Crippen LogP contribution in [0.2, 0.25) is 0 Å². The summed E-state index contributed by atoms with van der Waals surface area (Å²) in [5.41, 5.74) is 4.72. The van der Waals surface area contributed by atoms with E-state index in [1.54, 1.807) is 12.1 Å². The lowest BCUT2D eigenvalue weighted by Crippen LogP contribution is -2.29.